The van der Waals surface area contributed by atoms with Crippen molar-refractivity contribution in [1.29, 1.82) is 0 Å². The van der Waals surface area contributed by atoms with Crippen LogP contribution in [0, 0.1) is 0 Å². The van der Waals surface area contributed by atoms with Crippen LogP contribution in [0.3, 0.4) is 0 Å². The molecule has 0 saturated heterocycles. The minimum absolute atomic E-state index is 0. The van der Waals surface area contributed by atoms with E-state index >= 15 is 0 Å². The minimum atomic E-state index is -2.10. The zero-order valence-corrected chi connectivity index (χ0v) is 12.4. The first kappa shape index (κ1) is 14.6. The van der Waals surface area contributed by atoms with Crippen LogP contribution in [0.25, 0.3) is 0 Å². The van der Waals surface area contributed by atoms with Gasteiger partial charge in [-0.15, -0.1) is 0 Å². The number of hydrogen-bond acceptors (Lipinski definition) is 3. The predicted octanol–water partition coefficient (Wildman–Crippen LogP) is -1.16. The second-order valence-corrected chi connectivity index (χ2v) is 4.12. The molecule has 0 heterocycles. The van der Waals surface area contributed by atoms with E-state index in [-0.39, 0.29) is 35.3 Å². The monoisotopic (exact) mass is 286 g/mol. The molecule has 3 nitrogen and oxygen atoms in total. The van der Waals surface area contributed by atoms with Crippen LogP contribution >= 0.6 is 15.9 Å². The molecule has 1 atom stereocenters. The Labute approximate surface area is 116 Å². The van der Waals surface area contributed by atoms with Gasteiger partial charge in [-0.05, 0) is 12.1 Å². The van der Waals surface area contributed by atoms with Crippen molar-refractivity contribution in [2.75, 3.05) is 7.11 Å². The predicted molar refractivity (Wildman–Crippen MR) is 53.3 cm³/mol. The molecule has 0 aromatic heterocycles. The van der Waals surface area contributed by atoms with Crippen LogP contribution < -0.4 is 34.3 Å². The molecule has 1 aromatic carbocycles. The molecule has 0 radical (unpaired) electrons. The van der Waals surface area contributed by atoms with Crippen LogP contribution in [0.2, 0.25) is 0 Å². The van der Waals surface area contributed by atoms with Gasteiger partial charge in [-0.3, -0.25) is 4.21 Å². The maximum Gasteiger partial charge on any atom is 1.00 e. The smallest absolute Gasteiger partial charge is 0.772 e. The quantitative estimate of drug-likeness (QED) is 0.520. The normalized spacial score (nSPS) is 11.6. The molecule has 0 aliphatic rings. The Kier molecular flexibility index (Phi) is 7.28. The molecule has 0 fully saturated rings. The summed E-state index contributed by atoms with van der Waals surface area (Å²) in [5, 5.41) is 0. The summed E-state index contributed by atoms with van der Waals surface area (Å²) in [6.07, 6.45) is 0. The average Bonchev–Trinajstić information content (AvgIpc) is 2.08. The average molecular weight is 287 g/mol. The standard InChI is InChI=1S/C8H9BrO3S.Na/c1-12-8-4-2-3-7(9)6(8)5-13(10)11;/h2-4H,5H2,1H3,(H,10,11);/q;+1/p-1. The van der Waals surface area contributed by atoms with Crippen molar-refractivity contribution >= 4 is 27.0 Å². The molecule has 1 unspecified atom stereocenters. The Hall–Kier alpha value is 0.610. The Morgan fingerprint density at radius 1 is 1.57 bits per heavy atom. The van der Waals surface area contributed by atoms with E-state index in [2.05, 4.69) is 15.9 Å². The van der Waals surface area contributed by atoms with Gasteiger partial charge < -0.3 is 9.29 Å². The Morgan fingerprint density at radius 2 is 2.21 bits per heavy atom. The van der Waals surface area contributed by atoms with Gasteiger partial charge in [0.05, 0.1) is 7.11 Å². The zero-order valence-electron chi connectivity index (χ0n) is 7.95. The van der Waals surface area contributed by atoms with Crippen molar-refractivity contribution < 1.29 is 43.1 Å². The molecule has 0 N–H and O–H groups in total. The van der Waals surface area contributed by atoms with Crippen molar-refractivity contribution in [2.45, 2.75) is 5.75 Å². The molecule has 0 saturated carbocycles. The summed E-state index contributed by atoms with van der Waals surface area (Å²) in [5.74, 6) is 0.545. The molecule has 0 bridgehead atoms. The van der Waals surface area contributed by atoms with Gasteiger partial charge in [0.25, 0.3) is 0 Å². The van der Waals surface area contributed by atoms with Gasteiger partial charge in [-0.2, -0.15) is 0 Å². The third kappa shape index (κ3) is 4.00. The van der Waals surface area contributed by atoms with E-state index < -0.39 is 11.1 Å². The van der Waals surface area contributed by atoms with Crippen molar-refractivity contribution in [1.82, 2.24) is 0 Å². The second kappa shape index (κ2) is 6.98. The first-order valence-electron chi connectivity index (χ1n) is 3.52. The van der Waals surface area contributed by atoms with Gasteiger partial charge in [0.1, 0.15) is 5.75 Å². The maximum absolute atomic E-state index is 10.5. The zero-order chi connectivity index (χ0) is 9.84. The van der Waals surface area contributed by atoms with Crippen LogP contribution in [0.5, 0.6) is 5.75 Å². The van der Waals surface area contributed by atoms with Gasteiger partial charge in [0.15, 0.2) is 0 Å². The van der Waals surface area contributed by atoms with E-state index in [1.54, 1.807) is 18.2 Å². The summed E-state index contributed by atoms with van der Waals surface area (Å²) >= 11 is 1.16. The molecule has 0 amide bonds. The number of benzene rings is 1. The molecule has 14 heavy (non-hydrogen) atoms. The Balaban J connectivity index is 0.00000169. The van der Waals surface area contributed by atoms with E-state index in [4.69, 9.17) is 4.74 Å². The van der Waals surface area contributed by atoms with E-state index in [1.165, 1.54) is 7.11 Å². The molecule has 1 rings (SSSR count). The number of ether oxygens (including phenoxy) is 1. The van der Waals surface area contributed by atoms with Crippen LogP contribution in [0.1, 0.15) is 5.56 Å². The SMILES string of the molecule is COc1cccc(Br)c1CS(=O)[O-].[Na+]. The first-order valence-corrected chi connectivity index (χ1v) is 5.56. The Bertz CT molecular complexity index is 332. The number of rotatable bonds is 3. The third-order valence-corrected chi connectivity index (χ3v) is 2.83. The number of halogens is 1. The molecule has 0 aliphatic heterocycles. The van der Waals surface area contributed by atoms with Crippen molar-refractivity contribution in [3.8, 4) is 5.75 Å². The molecular weight excluding hydrogens is 279 g/mol. The van der Waals surface area contributed by atoms with Gasteiger partial charge in [0, 0.05) is 15.8 Å². The molecule has 72 valence electrons. The summed E-state index contributed by atoms with van der Waals surface area (Å²) in [5.41, 5.74) is 0.651. The third-order valence-electron chi connectivity index (χ3n) is 1.56. The molecule has 6 heteroatoms. The summed E-state index contributed by atoms with van der Waals surface area (Å²) in [7, 11) is 1.51. The maximum atomic E-state index is 10.5. The Morgan fingerprint density at radius 3 is 2.71 bits per heavy atom. The molecule has 0 spiro atoms. The summed E-state index contributed by atoms with van der Waals surface area (Å²) in [6, 6.07) is 5.30. The second-order valence-electron chi connectivity index (χ2n) is 2.37. The van der Waals surface area contributed by atoms with E-state index in [0.717, 1.165) is 4.47 Å². The van der Waals surface area contributed by atoms with Crippen molar-refractivity contribution in [3.05, 3.63) is 28.2 Å². The summed E-state index contributed by atoms with van der Waals surface area (Å²) in [4.78, 5) is 0. The summed E-state index contributed by atoms with van der Waals surface area (Å²) < 4.78 is 26.8. The van der Waals surface area contributed by atoms with E-state index in [9.17, 15) is 8.76 Å². The van der Waals surface area contributed by atoms with E-state index in [0.29, 0.717) is 11.3 Å². The van der Waals surface area contributed by atoms with Gasteiger partial charge in [-0.1, -0.05) is 33.1 Å². The molecule has 1 aromatic rings. The van der Waals surface area contributed by atoms with Crippen LogP contribution in [-0.2, 0) is 16.8 Å². The van der Waals surface area contributed by atoms with Crippen molar-refractivity contribution in [2.24, 2.45) is 0 Å². The van der Waals surface area contributed by atoms with Crippen LogP contribution in [0.4, 0.5) is 0 Å². The topological polar surface area (TPSA) is 49.4 Å². The number of methoxy groups -OCH3 is 1. The fourth-order valence-corrected chi connectivity index (χ4v) is 2.20. The fourth-order valence-electron chi connectivity index (χ4n) is 0.988. The largest absolute Gasteiger partial charge is 1.00 e. The van der Waals surface area contributed by atoms with Gasteiger partial charge >= 0.3 is 29.6 Å². The van der Waals surface area contributed by atoms with E-state index in [1.807, 2.05) is 0 Å². The van der Waals surface area contributed by atoms with Crippen molar-refractivity contribution in [3.63, 3.8) is 0 Å². The molecule has 0 aliphatic carbocycles. The molecular formula is C8H8BrNaO3S. The van der Waals surface area contributed by atoms with Crippen LogP contribution in [-0.4, -0.2) is 15.9 Å². The first-order chi connectivity index (χ1) is 6.15. The van der Waals surface area contributed by atoms with Gasteiger partial charge in [0.2, 0.25) is 0 Å². The fraction of sp³-hybridized carbons (Fsp3) is 0.250. The minimum Gasteiger partial charge on any atom is -0.772 e. The van der Waals surface area contributed by atoms with Gasteiger partial charge in [-0.25, -0.2) is 0 Å². The summed E-state index contributed by atoms with van der Waals surface area (Å²) in [6.45, 7) is 0. The number of hydrogen-bond donors (Lipinski definition) is 0. The van der Waals surface area contributed by atoms with Crippen LogP contribution in [0.15, 0.2) is 22.7 Å².